The van der Waals surface area contributed by atoms with Gasteiger partial charge in [-0.1, -0.05) is 59.6 Å². The van der Waals surface area contributed by atoms with Gasteiger partial charge in [0.1, 0.15) is 17.8 Å². The summed E-state index contributed by atoms with van der Waals surface area (Å²) in [5.41, 5.74) is 3.10. The number of hydrogen-bond acceptors (Lipinski definition) is 4. The molecule has 0 aliphatic heterocycles. The third kappa shape index (κ3) is 6.60. The number of hydrogen-bond donors (Lipinski definition) is 4. The Bertz CT molecular complexity index is 1330. The van der Waals surface area contributed by atoms with Crippen LogP contribution < -0.4 is 10.6 Å². The van der Waals surface area contributed by atoms with Crippen LogP contribution in [0.2, 0.25) is 10.0 Å². The molecule has 0 saturated heterocycles. The molecular formula is C26H24Cl2N4O3. The zero-order valence-electron chi connectivity index (χ0n) is 18.7. The molecule has 2 heterocycles. The molecule has 9 heteroatoms. The Hall–Kier alpha value is -3.39. The molecule has 2 aromatic heterocycles. The fourth-order valence-corrected chi connectivity index (χ4v) is 4.02. The maximum atomic E-state index is 13.1. The average molecular weight is 511 g/mol. The van der Waals surface area contributed by atoms with E-state index in [1.54, 1.807) is 30.6 Å². The SMILES string of the molecule is O=C(N[C@@H](Cc1ccc(Cl)c(Cl)c1)C(=O)NCc1cnc2[nH]ccc2c1)C(O)Cc1ccccc1. The number of aromatic amines is 1. The first-order valence-corrected chi connectivity index (χ1v) is 11.8. The summed E-state index contributed by atoms with van der Waals surface area (Å²) in [6, 6.07) is 17.1. The molecule has 35 heavy (non-hydrogen) atoms. The minimum Gasteiger partial charge on any atom is -0.383 e. The van der Waals surface area contributed by atoms with E-state index in [0.29, 0.717) is 15.6 Å². The highest BCUT2D eigenvalue weighted by Gasteiger charge is 2.25. The van der Waals surface area contributed by atoms with Crippen molar-refractivity contribution in [2.75, 3.05) is 0 Å². The zero-order chi connectivity index (χ0) is 24.8. The number of H-pyrrole nitrogens is 1. The van der Waals surface area contributed by atoms with Crippen LogP contribution in [0.15, 0.2) is 73.1 Å². The van der Waals surface area contributed by atoms with Gasteiger partial charge in [-0.15, -0.1) is 0 Å². The van der Waals surface area contributed by atoms with Crippen molar-refractivity contribution in [3.8, 4) is 0 Å². The highest BCUT2D eigenvalue weighted by molar-refractivity contribution is 6.42. The van der Waals surface area contributed by atoms with Crippen molar-refractivity contribution in [3.63, 3.8) is 0 Å². The highest BCUT2D eigenvalue weighted by atomic mass is 35.5. The van der Waals surface area contributed by atoms with Crippen LogP contribution in [0.4, 0.5) is 0 Å². The quantitative estimate of drug-likeness (QED) is 0.274. The molecular weight excluding hydrogens is 487 g/mol. The Kier molecular flexibility index (Phi) is 8.02. The van der Waals surface area contributed by atoms with Gasteiger partial charge in [0, 0.05) is 37.2 Å². The molecule has 180 valence electrons. The predicted molar refractivity (Wildman–Crippen MR) is 136 cm³/mol. The largest absolute Gasteiger partial charge is 0.383 e. The van der Waals surface area contributed by atoms with E-state index in [1.807, 2.05) is 42.5 Å². The van der Waals surface area contributed by atoms with Crippen LogP contribution in [0, 0.1) is 0 Å². The number of nitrogens with zero attached hydrogens (tertiary/aromatic N) is 1. The smallest absolute Gasteiger partial charge is 0.249 e. The standard InChI is InChI=1S/C26H24Cl2N4O3/c27-20-7-6-17(11-21(20)28)12-22(32-26(35)23(33)13-16-4-2-1-3-5-16)25(34)31-15-18-10-19-8-9-29-24(19)30-14-18/h1-11,14,22-23,33H,12-13,15H2,(H,29,30)(H,31,34)(H,32,35)/t22-,23?/m0/s1. The van der Waals surface area contributed by atoms with Crippen molar-refractivity contribution >= 4 is 46.0 Å². The van der Waals surface area contributed by atoms with Gasteiger partial charge in [-0.3, -0.25) is 9.59 Å². The molecule has 2 atom stereocenters. The summed E-state index contributed by atoms with van der Waals surface area (Å²) in [6.07, 6.45) is 2.47. The van der Waals surface area contributed by atoms with Crippen LogP contribution in [0.25, 0.3) is 11.0 Å². The molecule has 4 rings (SSSR count). The van der Waals surface area contributed by atoms with Gasteiger partial charge in [0.05, 0.1) is 10.0 Å². The molecule has 0 spiro atoms. The van der Waals surface area contributed by atoms with Gasteiger partial charge in [-0.2, -0.15) is 0 Å². The number of fused-ring (bicyclic) bond motifs is 1. The van der Waals surface area contributed by atoms with Crippen molar-refractivity contribution in [3.05, 3.63) is 99.8 Å². The molecule has 0 radical (unpaired) electrons. The van der Waals surface area contributed by atoms with Crippen molar-refractivity contribution in [1.82, 2.24) is 20.6 Å². The van der Waals surface area contributed by atoms with E-state index in [1.165, 1.54) is 0 Å². The molecule has 2 amide bonds. The topological polar surface area (TPSA) is 107 Å². The number of carbonyl (C=O) groups excluding carboxylic acids is 2. The van der Waals surface area contributed by atoms with E-state index in [4.69, 9.17) is 23.2 Å². The first-order valence-electron chi connectivity index (χ1n) is 11.0. The third-order valence-electron chi connectivity index (χ3n) is 5.55. The maximum absolute atomic E-state index is 13.1. The number of aromatic nitrogens is 2. The van der Waals surface area contributed by atoms with Gasteiger partial charge < -0.3 is 20.7 Å². The molecule has 0 aliphatic carbocycles. The molecule has 0 bridgehead atoms. The second-order valence-corrected chi connectivity index (χ2v) is 9.01. The fourth-order valence-electron chi connectivity index (χ4n) is 3.70. The number of aliphatic hydroxyl groups is 1. The van der Waals surface area contributed by atoms with Crippen LogP contribution in [-0.2, 0) is 29.0 Å². The molecule has 0 fully saturated rings. The Morgan fingerprint density at radius 2 is 1.71 bits per heavy atom. The fraction of sp³-hybridized carbons (Fsp3) is 0.192. The van der Waals surface area contributed by atoms with Gasteiger partial charge >= 0.3 is 0 Å². The Morgan fingerprint density at radius 1 is 0.914 bits per heavy atom. The summed E-state index contributed by atoms with van der Waals surface area (Å²) in [5.74, 6) is -1.03. The van der Waals surface area contributed by atoms with E-state index in [0.717, 1.165) is 22.2 Å². The summed E-state index contributed by atoms with van der Waals surface area (Å²) in [6.45, 7) is 0.229. The lowest BCUT2D eigenvalue weighted by Gasteiger charge is -2.21. The summed E-state index contributed by atoms with van der Waals surface area (Å²) in [7, 11) is 0. The van der Waals surface area contributed by atoms with Gasteiger partial charge in [-0.05, 0) is 41.0 Å². The monoisotopic (exact) mass is 510 g/mol. The molecule has 4 N–H and O–H groups in total. The van der Waals surface area contributed by atoms with Crippen LogP contribution in [0.5, 0.6) is 0 Å². The van der Waals surface area contributed by atoms with E-state index in [9.17, 15) is 14.7 Å². The van der Waals surface area contributed by atoms with Gasteiger partial charge in [0.25, 0.3) is 0 Å². The number of carbonyl (C=O) groups is 2. The molecule has 2 aromatic carbocycles. The maximum Gasteiger partial charge on any atom is 0.249 e. The number of pyridine rings is 1. The second kappa shape index (κ2) is 11.4. The number of benzene rings is 2. The first kappa shape index (κ1) is 24.7. The van der Waals surface area contributed by atoms with E-state index >= 15 is 0 Å². The zero-order valence-corrected chi connectivity index (χ0v) is 20.2. The average Bonchev–Trinajstić information content (AvgIpc) is 3.33. The molecule has 0 aliphatic rings. The predicted octanol–water partition coefficient (Wildman–Crippen LogP) is 3.82. The molecule has 0 saturated carbocycles. The molecule has 1 unspecified atom stereocenters. The lowest BCUT2D eigenvalue weighted by Crippen LogP contribution is -2.51. The van der Waals surface area contributed by atoms with Gasteiger partial charge in [0.2, 0.25) is 11.8 Å². The van der Waals surface area contributed by atoms with Crippen LogP contribution in [0.1, 0.15) is 16.7 Å². The highest BCUT2D eigenvalue weighted by Crippen LogP contribution is 2.23. The van der Waals surface area contributed by atoms with Crippen LogP contribution in [0.3, 0.4) is 0 Å². The number of aliphatic hydroxyl groups excluding tert-OH is 1. The molecule has 4 aromatic rings. The van der Waals surface area contributed by atoms with Crippen LogP contribution in [-0.4, -0.2) is 39.0 Å². The van der Waals surface area contributed by atoms with E-state index in [2.05, 4.69) is 20.6 Å². The summed E-state index contributed by atoms with van der Waals surface area (Å²) in [4.78, 5) is 33.2. The number of halogens is 2. The summed E-state index contributed by atoms with van der Waals surface area (Å²) < 4.78 is 0. The minimum absolute atomic E-state index is 0.135. The number of amides is 2. The third-order valence-corrected chi connectivity index (χ3v) is 6.29. The summed E-state index contributed by atoms with van der Waals surface area (Å²) >= 11 is 12.1. The van der Waals surface area contributed by atoms with Crippen molar-refractivity contribution in [2.24, 2.45) is 0 Å². The normalized spacial score (nSPS) is 12.8. The number of rotatable bonds is 9. The summed E-state index contributed by atoms with van der Waals surface area (Å²) in [5, 5.41) is 17.7. The van der Waals surface area contributed by atoms with Crippen LogP contribution >= 0.6 is 23.2 Å². The Balaban J connectivity index is 1.46. The molecule has 7 nitrogen and oxygen atoms in total. The lowest BCUT2D eigenvalue weighted by atomic mass is 10.0. The van der Waals surface area contributed by atoms with Gasteiger partial charge in [0.15, 0.2) is 0 Å². The number of nitrogens with one attached hydrogen (secondary N) is 3. The lowest BCUT2D eigenvalue weighted by molar-refractivity contribution is -0.134. The Morgan fingerprint density at radius 3 is 2.49 bits per heavy atom. The Labute approximate surface area is 212 Å². The van der Waals surface area contributed by atoms with E-state index < -0.39 is 24.0 Å². The second-order valence-electron chi connectivity index (χ2n) is 8.20. The van der Waals surface area contributed by atoms with Crippen molar-refractivity contribution in [2.45, 2.75) is 31.5 Å². The van der Waals surface area contributed by atoms with Crippen molar-refractivity contribution < 1.29 is 14.7 Å². The first-order chi connectivity index (χ1) is 16.9. The van der Waals surface area contributed by atoms with E-state index in [-0.39, 0.29) is 19.4 Å². The van der Waals surface area contributed by atoms with Crippen molar-refractivity contribution in [1.29, 1.82) is 0 Å². The minimum atomic E-state index is -1.30. The van der Waals surface area contributed by atoms with Gasteiger partial charge in [-0.25, -0.2) is 4.98 Å².